The van der Waals surface area contributed by atoms with E-state index in [1.54, 1.807) is 6.20 Å². The van der Waals surface area contributed by atoms with Crippen LogP contribution in [0.4, 0.5) is 0 Å². The van der Waals surface area contributed by atoms with Crippen LogP contribution in [0.15, 0.2) is 47.4 Å². The van der Waals surface area contributed by atoms with Gasteiger partial charge in [-0.25, -0.2) is 0 Å². The summed E-state index contributed by atoms with van der Waals surface area (Å²) in [7, 11) is 0. The van der Waals surface area contributed by atoms with Crippen molar-refractivity contribution in [1.82, 2.24) is 4.57 Å². The summed E-state index contributed by atoms with van der Waals surface area (Å²) in [6, 6.07) is 10.7. The maximum absolute atomic E-state index is 12.2. The van der Waals surface area contributed by atoms with E-state index in [4.69, 9.17) is 0 Å². The molecule has 1 aromatic carbocycles. The minimum Gasteiger partial charge on any atom is -0.480 e. The van der Waals surface area contributed by atoms with Crippen LogP contribution in [0, 0.1) is 5.41 Å². The molecular formula is C17H15NO5. The van der Waals surface area contributed by atoms with Gasteiger partial charge in [0.05, 0.1) is 6.54 Å². The summed E-state index contributed by atoms with van der Waals surface area (Å²) in [4.78, 5) is 35.1. The number of carbonyl (C=O) groups is 2. The van der Waals surface area contributed by atoms with E-state index in [1.165, 1.54) is 10.6 Å². The second-order valence-corrected chi connectivity index (χ2v) is 5.82. The van der Waals surface area contributed by atoms with E-state index < -0.39 is 17.4 Å². The summed E-state index contributed by atoms with van der Waals surface area (Å²) >= 11 is 0. The lowest BCUT2D eigenvalue weighted by atomic mass is 9.85. The lowest BCUT2D eigenvalue weighted by Crippen LogP contribution is -2.40. The topological polar surface area (TPSA) is 96.6 Å². The van der Waals surface area contributed by atoms with Crippen molar-refractivity contribution < 1.29 is 19.8 Å². The first-order valence-corrected chi connectivity index (χ1v) is 7.15. The van der Waals surface area contributed by atoms with Crippen molar-refractivity contribution in [2.45, 2.75) is 19.4 Å². The average molecular weight is 313 g/mol. The number of fused-ring (bicyclic) bond motifs is 1. The Bertz CT molecular complexity index is 824. The number of aromatic nitrogens is 1. The van der Waals surface area contributed by atoms with Crippen LogP contribution < -0.4 is 5.56 Å². The van der Waals surface area contributed by atoms with Crippen LogP contribution in [0.1, 0.15) is 16.7 Å². The zero-order valence-electron chi connectivity index (χ0n) is 12.2. The number of hydrogen-bond acceptors (Lipinski definition) is 3. The summed E-state index contributed by atoms with van der Waals surface area (Å²) in [5, 5.41) is 18.6. The van der Waals surface area contributed by atoms with Crippen molar-refractivity contribution in [1.29, 1.82) is 0 Å². The van der Waals surface area contributed by atoms with Gasteiger partial charge in [0.2, 0.25) is 0 Å². The molecule has 0 unspecified atom stereocenters. The maximum atomic E-state index is 12.2. The largest absolute Gasteiger partial charge is 0.480 e. The van der Waals surface area contributed by atoms with Gasteiger partial charge in [-0.15, -0.1) is 0 Å². The molecule has 0 saturated heterocycles. The van der Waals surface area contributed by atoms with Crippen molar-refractivity contribution in [2.75, 3.05) is 0 Å². The van der Waals surface area contributed by atoms with Gasteiger partial charge in [-0.2, -0.15) is 0 Å². The first kappa shape index (κ1) is 15.0. The molecule has 0 bridgehead atoms. The number of carboxylic acids is 2. The van der Waals surface area contributed by atoms with E-state index in [-0.39, 0.29) is 18.4 Å². The molecule has 118 valence electrons. The van der Waals surface area contributed by atoms with Gasteiger partial charge in [0, 0.05) is 25.1 Å². The molecule has 0 spiro atoms. The smallest absolute Gasteiger partial charge is 0.321 e. The Kier molecular flexibility index (Phi) is 3.52. The number of rotatable bonds is 4. The average Bonchev–Trinajstić information content (AvgIpc) is 2.88. The Morgan fingerprint density at radius 2 is 1.65 bits per heavy atom. The normalized spacial score (nSPS) is 15.1. The van der Waals surface area contributed by atoms with Crippen LogP contribution in [0.25, 0.3) is 0 Å². The summed E-state index contributed by atoms with van der Waals surface area (Å²) in [5.41, 5.74) is -0.0929. The van der Waals surface area contributed by atoms with Gasteiger partial charge in [0.15, 0.2) is 5.41 Å². The number of pyridine rings is 1. The molecule has 3 rings (SSSR count). The second-order valence-electron chi connectivity index (χ2n) is 5.82. The maximum Gasteiger partial charge on any atom is 0.321 e. The van der Waals surface area contributed by atoms with E-state index in [0.717, 1.165) is 5.56 Å². The SMILES string of the molecule is O=C(O)C1(C(=O)O)Cc2cc(=O)n(Cc3ccccc3)cc2C1. The zero-order chi connectivity index (χ0) is 16.6. The number of aliphatic carboxylic acids is 2. The molecule has 23 heavy (non-hydrogen) atoms. The number of hydrogen-bond donors (Lipinski definition) is 2. The Morgan fingerprint density at radius 3 is 2.26 bits per heavy atom. The molecule has 0 atom stereocenters. The van der Waals surface area contributed by atoms with E-state index in [2.05, 4.69) is 0 Å². The fourth-order valence-electron chi connectivity index (χ4n) is 2.99. The van der Waals surface area contributed by atoms with Gasteiger partial charge in [0.25, 0.3) is 5.56 Å². The fraction of sp³-hybridized carbons (Fsp3) is 0.235. The highest BCUT2D eigenvalue weighted by Gasteiger charge is 2.51. The van der Waals surface area contributed by atoms with Crippen LogP contribution in [0.3, 0.4) is 0 Å². The monoisotopic (exact) mass is 313 g/mol. The molecule has 0 fully saturated rings. The lowest BCUT2D eigenvalue weighted by molar-refractivity contribution is -0.163. The lowest BCUT2D eigenvalue weighted by Gasteiger charge is -2.17. The third-order valence-corrected chi connectivity index (χ3v) is 4.30. The van der Waals surface area contributed by atoms with Gasteiger partial charge in [-0.1, -0.05) is 30.3 Å². The Balaban J connectivity index is 1.98. The highest BCUT2D eigenvalue weighted by Crippen LogP contribution is 2.37. The summed E-state index contributed by atoms with van der Waals surface area (Å²) in [6.45, 7) is 0.361. The first-order valence-electron chi connectivity index (χ1n) is 7.15. The molecule has 6 nitrogen and oxygen atoms in total. The predicted octanol–water partition coefficient (Wildman–Crippen LogP) is 1.15. The van der Waals surface area contributed by atoms with Crippen molar-refractivity contribution in [3.8, 4) is 0 Å². The molecule has 1 aliphatic rings. The predicted molar refractivity (Wildman–Crippen MR) is 81.4 cm³/mol. The molecule has 1 aliphatic carbocycles. The minimum atomic E-state index is -1.87. The molecule has 1 heterocycles. The third kappa shape index (κ3) is 2.52. The molecule has 0 amide bonds. The third-order valence-electron chi connectivity index (χ3n) is 4.30. The van der Waals surface area contributed by atoms with Crippen LogP contribution in [0.5, 0.6) is 0 Å². The van der Waals surface area contributed by atoms with E-state index in [1.807, 2.05) is 30.3 Å². The van der Waals surface area contributed by atoms with E-state index >= 15 is 0 Å². The molecule has 1 aromatic heterocycles. The van der Waals surface area contributed by atoms with Crippen molar-refractivity contribution >= 4 is 11.9 Å². The minimum absolute atomic E-state index is 0.109. The number of nitrogens with zero attached hydrogens (tertiary/aromatic N) is 1. The van der Waals surface area contributed by atoms with Gasteiger partial charge in [0.1, 0.15) is 0 Å². The standard InChI is InChI=1S/C17H15NO5/c19-14-6-12-7-17(15(20)21,16(22)23)8-13(12)10-18(14)9-11-4-2-1-3-5-11/h1-6,10H,7-9H2,(H,20,21)(H,22,23). The Hall–Kier alpha value is -2.89. The van der Waals surface area contributed by atoms with Crippen molar-refractivity contribution in [3.05, 3.63) is 69.6 Å². The number of benzene rings is 1. The summed E-state index contributed by atoms with van der Waals surface area (Å²) in [5.74, 6) is -2.74. The molecule has 0 radical (unpaired) electrons. The second kappa shape index (κ2) is 5.39. The highest BCUT2D eigenvalue weighted by atomic mass is 16.4. The molecule has 2 aromatic rings. The zero-order valence-corrected chi connectivity index (χ0v) is 12.2. The molecule has 0 aliphatic heterocycles. The van der Waals surface area contributed by atoms with Crippen LogP contribution in [-0.2, 0) is 29.0 Å². The van der Waals surface area contributed by atoms with Gasteiger partial charge in [-0.3, -0.25) is 14.4 Å². The van der Waals surface area contributed by atoms with Crippen LogP contribution in [0.2, 0.25) is 0 Å². The van der Waals surface area contributed by atoms with Gasteiger partial charge in [-0.05, 0) is 16.7 Å². The quantitative estimate of drug-likeness (QED) is 0.825. The van der Waals surface area contributed by atoms with Crippen LogP contribution in [-0.4, -0.2) is 26.7 Å². The molecule has 6 heteroatoms. The van der Waals surface area contributed by atoms with Crippen molar-refractivity contribution in [3.63, 3.8) is 0 Å². The summed E-state index contributed by atoms with van der Waals surface area (Å²) in [6.07, 6.45) is 1.31. The number of carboxylic acid groups (broad SMARTS) is 2. The van der Waals surface area contributed by atoms with Gasteiger partial charge < -0.3 is 14.8 Å². The van der Waals surface area contributed by atoms with Crippen LogP contribution >= 0.6 is 0 Å². The van der Waals surface area contributed by atoms with E-state index in [9.17, 15) is 24.6 Å². The molecule has 2 N–H and O–H groups in total. The van der Waals surface area contributed by atoms with Gasteiger partial charge >= 0.3 is 11.9 Å². The van der Waals surface area contributed by atoms with Crippen molar-refractivity contribution in [2.24, 2.45) is 5.41 Å². The molecular weight excluding hydrogens is 298 g/mol. The fourth-order valence-corrected chi connectivity index (χ4v) is 2.99. The first-order chi connectivity index (χ1) is 10.9. The molecule has 0 saturated carbocycles. The Labute approximate surface area is 131 Å². The highest BCUT2D eigenvalue weighted by molar-refractivity contribution is 5.99. The Morgan fingerprint density at radius 1 is 1.04 bits per heavy atom. The summed E-state index contributed by atoms with van der Waals surface area (Å²) < 4.78 is 1.48. The van der Waals surface area contributed by atoms with E-state index in [0.29, 0.717) is 17.7 Å².